The van der Waals surface area contributed by atoms with E-state index in [1.54, 1.807) is 29.2 Å². The predicted molar refractivity (Wildman–Crippen MR) is 82.2 cm³/mol. The lowest BCUT2D eigenvalue weighted by Crippen LogP contribution is -2.47. The van der Waals surface area contributed by atoms with Gasteiger partial charge >= 0.3 is 0 Å². The van der Waals surface area contributed by atoms with E-state index >= 15 is 0 Å². The highest BCUT2D eigenvalue weighted by Gasteiger charge is 2.36. The van der Waals surface area contributed by atoms with Crippen LogP contribution in [-0.4, -0.2) is 72.8 Å². The first-order valence-electron chi connectivity index (χ1n) is 7.65. The molecule has 1 saturated heterocycles. The Kier molecular flexibility index (Phi) is 4.57. The second-order valence-electron chi connectivity index (χ2n) is 5.53. The highest BCUT2D eigenvalue weighted by molar-refractivity contribution is 6.22. The number of nitrogens with one attached hydrogen (secondary N) is 1. The van der Waals surface area contributed by atoms with Crippen molar-refractivity contribution in [3.05, 3.63) is 35.4 Å². The summed E-state index contributed by atoms with van der Waals surface area (Å²) in [6.07, 6.45) is 0. The molecule has 8 heteroatoms. The molecule has 0 unspecified atom stereocenters. The van der Waals surface area contributed by atoms with Gasteiger partial charge in [-0.1, -0.05) is 12.1 Å². The van der Waals surface area contributed by atoms with Crippen LogP contribution in [0.2, 0.25) is 0 Å². The first-order chi connectivity index (χ1) is 11.6. The van der Waals surface area contributed by atoms with Gasteiger partial charge in [0.05, 0.1) is 17.7 Å². The van der Waals surface area contributed by atoms with E-state index in [-0.39, 0.29) is 25.6 Å². The lowest BCUT2D eigenvalue weighted by Gasteiger charge is -2.26. The summed E-state index contributed by atoms with van der Waals surface area (Å²) in [5, 5.41) is 2.63. The molecule has 1 fully saturated rings. The molecule has 0 atom stereocenters. The van der Waals surface area contributed by atoms with Gasteiger partial charge in [0, 0.05) is 19.6 Å². The van der Waals surface area contributed by atoms with Crippen LogP contribution in [0, 0.1) is 0 Å². The minimum Gasteiger partial charge on any atom is -0.370 e. The zero-order valence-electron chi connectivity index (χ0n) is 13.0. The van der Waals surface area contributed by atoms with Gasteiger partial charge < -0.3 is 15.0 Å². The van der Waals surface area contributed by atoms with Gasteiger partial charge in [-0.15, -0.1) is 0 Å². The Hall–Kier alpha value is -2.74. The van der Waals surface area contributed by atoms with Gasteiger partial charge in [-0.05, 0) is 12.1 Å². The largest absolute Gasteiger partial charge is 0.370 e. The van der Waals surface area contributed by atoms with Gasteiger partial charge in [-0.3, -0.25) is 24.1 Å². The summed E-state index contributed by atoms with van der Waals surface area (Å²) in [5.74, 6) is -1.48. The van der Waals surface area contributed by atoms with Crippen LogP contribution in [-0.2, 0) is 14.3 Å². The molecule has 1 aromatic rings. The zero-order chi connectivity index (χ0) is 17.1. The van der Waals surface area contributed by atoms with Crippen LogP contribution in [0.3, 0.4) is 0 Å². The molecule has 1 aromatic carbocycles. The van der Waals surface area contributed by atoms with Gasteiger partial charge in [0.25, 0.3) is 11.8 Å². The van der Waals surface area contributed by atoms with Crippen LogP contribution in [0.1, 0.15) is 20.7 Å². The summed E-state index contributed by atoms with van der Waals surface area (Å²) >= 11 is 0. The van der Waals surface area contributed by atoms with E-state index in [9.17, 15) is 19.2 Å². The Labute approximate surface area is 138 Å². The van der Waals surface area contributed by atoms with E-state index in [1.165, 1.54) is 0 Å². The van der Waals surface area contributed by atoms with E-state index in [1.807, 2.05) is 0 Å². The number of rotatable bonds is 5. The summed E-state index contributed by atoms with van der Waals surface area (Å²) in [5.41, 5.74) is 0.628. The number of carbonyl (C=O) groups is 4. The number of benzene rings is 1. The lowest BCUT2D eigenvalue weighted by molar-refractivity contribution is -0.142. The van der Waals surface area contributed by atoms with Crippen molar-refractivity contribution in [1.82, 2.24) is 15.1 Å². The molecule has 2 aliphatic heterocycles. The van der Waals surface area contributed by atoms with E-state index in [0.29, 0.717) is 30.8 Å². The van der Waals surface area contributed by atoms with E-state index in [0.717, 1.165) is 4.90 Å². The fraction of sp³-hybridized carbons (Fsp3) is 0.375. The highest BCUT2D eigenvalue weighted by Crippen LogP contribution is 2.21. The summed E-state index contributed by atoms with van der Waals surface area (Å²) in [4.78, 5) is 50.4. The van der Waals surface area contributed by atoms with Crippen LogP contribution in [0.5, 0.6) is 0 Å². The molecule has 8 nitrogen and oxygen atoms in total. The monoisotopic (exact) mass is 331 g/mol. The summed E-state index contributed by atoms with van der Waals surface area (Å²) in [7, 11) is 0. The molecule has 0 aromatic heterocycles. The van der Waals surface area contributed by atoms with Gasteiger partial charge in [0.1, 0.15) is 13.2 Å². The van der Waals surface area contributed by atoms with Crippen molar-refractivity contribution in [1.29, 1.82) is 0 Å². The van der Waals surface area contributed by atoms with Crippen LogP contribution in [0.4, 0.5) is 0 Å². The molecular weight excluding hydrogens is 314 g/mol. The molecular formula is C16H17N3O5. The van der Waals surface area contributed by atoms with E-state index in [4.69, 9.17) is 4.74 Å². The number of morpholine rings is 1. The SMILES string of the molecule is O=C(CN1C(=O)c2ccccc2C1=O)NCCN1CCOCC1=O. The number of hydrogen-bond donors (Lipinski definition) is 1. The number of nitrogens with zero attached hydrogens (tertiary/aromatic N) is 2. The maximum atomic E-state index is 12.2. The molecule has 4 amide bonds. The fourth-order valence-corrected chi connectivity index (χ4v) is 2.70. The van der Waals surface area contributed by atoms with Crippen LogP contribution >= 0.6 is 0 Å². The number of amides is 4. The Bertz CT molecular complexity index is 668. The summed E-state index contributed by atoms with van der Waals surface area (Å²) in [6, 6.07) is 6.48. The zero-order valence-corrected chi connectivity index (χ0v) is 13.0. The smallest absolute Gasteiger partial charge is 0.262 e. The Morgan fingerprint density at radius 3 is 2.42 bits per heavy atom. The number of imide groups is 1. The topological polar surface area (TPSA) is 96.0 Å². The minimum absolute atomic E-state index is 0.0585. The number of hydrogen-bond acceptors (Lipinski definition) is 5. The third-order valence-corrected chi connectivity index (χ3v) is 3.97. The number of carbonyl (C=O) groups excluding carboxylic acids is 4. The van der Waals surface area contributed by atoms with Gasteiger partial charge in [-0.25, -0.2) is 0 Å². The Morgan fingerprint density at radius 2 is 1.79 bits per heavy atom. The second-order valence-corrected chi connectivity index (χ2v) is 5.53. The van der Waals surface area contributed by atoms with E-state index in [2.05, 4.69) is 5.32 Å². The molecule has 24 heavy (non-hydrogen) atoms. The van der Waals surface area contributed by atoms with E-state index < -0.39 is 17.7 Å². The highest BCUT2D eigenvalue weighted by atomic mass is 16.5. The normalized spacial score (nSPS) is 17.2. The summed E-state index contributed by atoms with van der Waals surface area (Å²) < 4.78 is 5.02. The lowest BCUT2D eigenvalue weighted by atomic mass is 10.1. The van der Waals surface area contributed by atoms with Crippen molar-refractivity contribution >= 4 is 23.6 Å². The van der Waals surface area contributed by atoms with Crippen molar-refractivity contribution in [2.24, 2.45) is 0 Å². The second kappa shape index (κ2) is 6.79. The maximum Gasteiger partial charge on any atom is 0.262 e. The molecule has 3 rings (SSSR count). The third kappa shape index (κ3) is 3.13. The Morgan fingerprint density at radius 1 is 1.12 bits per heavy atom. The van der Waals surface area contributed by atoms with Gasteiger partial charge in [0.2, 0.25) is 11.8 Å². The third-order valence-electron chi connectivity index (χ3n) is 3.97. The van der Waals surface area contributed by atoms with Crippen LogP contribution < -0.4 is 5.32 Å². The summed E-state index contributed by atoms with van der Waals surface area (Å²) in [6.45, 7) is 1.33. The first-order valence-corrected chi connectivity index (χ1v) is 7.65. The minimum atomic E-state index is -0.464. The molecule has 0 spiro atoms. The van der Waals surface area contributed by atoms with Crippen molar-refractivity contribution in [2.75, 3.05) is 39.4 Å². The molecule has 2 heterocycles. The van der Waals surface area contributed by atoms with Gasteiger partial charge in [-0.2, -0.15) is 0 Å². The predicted octanol–water partition coefficient (Wildman–Crippen LogP) is -0.742. The Balaban J connectivity index is 1.50. The van der Waals surface area contributed by atoms with Gasteiger partial charge in [0.15, 0.2) is 0 Å². The number of ether oxygens (including phenoxy) is 1. The fourth-order valence-electron chi connectivity index (χ4n) is 2.70. The molecule has 1 N–H and O–H groups in total. The van der Waals surface area contributed by atoms with Crippen LogP contribution in [0.25, 0.3) is 0 Å². The quantitative estimate of drug-likeness (QED) is 0.717. The molecule has 0 saturated carbocycles. The maximum absolute atomic E-state index is 12.2. The standard InChI is InChI=1S/C16H17N3O5/c20-13(17-5-6-18-7-8-24-10-14(18)21)9-19-15(22)11-3-1-2-4-12(11)16(19)23/h1-4H,5-10H2,(H,17,20). The molecule has 126 valence electrons. The van der Waals surface area contributed by atoms with Crippen LogP contribution in [0.15, 0.2) is 24.3 Å². The average molecular weight is 331 g/mol. The molecule has 0 radical (unpaired) electrons. The van der Waals surface area contributed by atoms with Crippen molar-refractivity contribution < 1.29 is 23.9 Å². The van der Waals surface area contributed by atoms with Crippen molar-refractivity contribution in [3.63, 3.8) is 0 Å². The molecule has 0 bridgehead atoms. The van der Waals surface area contributed by atoms with Crippen molar-refractivity contribution in [3.8, 4) is 0 Å². The first kappa shape index (κ1) is 16.1. The van der Waals surface area contributed by atoms with Crippen molar-refractivity contribution in [2.45, 2.75) is 0 Å². The molecule has 0 aliphatic carbocycles. The average Bonchev–Trinajstić information content (AvgIpc) is 2.82. The number of fused-ring (bicyclic) bond motifs is 1. The molecule has 2 aliphatic rings.